The van der Waals surface area contributed by atoms with E-state index in [1.807, 2.05) is 36.4 Å². The van der Waals surface area contributed by atoms with E-state index in [2.05, 4.69) is 15.6 Å². The molecule has 1 aromatic heterocycles. The molecule has 170 valence electrons. The highest BCUT2D eigenvalue weighted by Crippen LogP contribution is 2.30. The molecule has 0 saturated carbocycles. The van der Waals surface area contributed by atoms with Crippen molar-refractivity contribution in [2.75, 3.05) is 40.0 Å². The standard InChI is InChI=1S/C21H26N4O4.2ClH/c1-28-19-7-3-2-6-17(19)18-13-23-9-10-25(18)21(27)15-29-14-20(26)24-12-16-5-4-8-22-11-16;;/h2-8,11,18,23H,9-10,12-15H2,1H3,(H,24,26);2*1H. The lowest BCUT2D eigenvalue weighted by Crippen LogP contribution is -2.50. The molecule has 3 rings (SSSR count). The molecule has 0 spiro atoms. The fourth-order valence-corrected chi connectivity index (χ4v) is 3.29. The molecule has 1 unspecified atom stereocenters. The van der Waals surface area contributed by atoms with Gasteiger partial charge in [-0.25, -0.2) is 0 Å². The molecule has 2 aromatic rings. The topological polar surface area (TPSA) is 92.8 Å². The van der Waals surface area contributed by atoms with Gasteiger partial charge >= 0.3 is 0 Å². The number of hydrogen-bond donors (Lipinski definition) is 2. The first-order valence-corrected chi connectivity index (χ1v) is 9.55. The largest absolute Gasteiger partial charge is 0.496 e. The smallest absolute Gasteiger partial charge is 0.249 e. The van der Waals surface area contributed by atoms with Gasteiger partial charge in [-0.1, -0.05) is 24.3 Å². The van der Waals surface area contributed by atoms with E-state index in [9.17, 15) is 9.59 Å². The zero-order valence-corrected chi connectivity index (χ0v) is 18.9. The number of pyridine rings is 1. The number of nitrogens with one attached hydrogen (secondary N) is 2. The van der Waals surface area contributed by atoms with E-state index < -0.39 is 0 Å². The first-order valence-electron chi connectivity index (χ1n) is 9.55. The summed E-state index contributed by atoms with van der Waals surface area (Å²) in [5.74, 6) is 0.320. The number of amides is 2. The Balaban J connectivity index is 0.00000240. The lowest BCUT2D eigenvalue weighted by molar-refractivity contribution is -0.141. The second-order valence-corrected chi connectivity index (χ2v) is 6.68. The minimum atomic E-state index is -0.275. The van der Waals surface area contributed by atoms with E-state index in [1.54, 1.807) is 24.4 Å². The van der Waals surface area contributed by atoms with E-state index in [-0.39, 0.29) is 55.9 Å². The normalized spacial score (nSPS) is 15.3. The van der Waals surface area contributed by atoms with Gasteiger partial charge in [-0.05, 0) is 17.7 Å². The highest BCUT2D eigenvalue weighted by molar-refractivity contribution is 5.85. The minimum Gasteiger partial charge on any atom is -0.496 e. The number of carbonyl (C=O) groups is 2. The van der Waals surface area contributed by atoms with E-state index in [4.69, 9.17) is 9.47 Å². The molecule has 0 radical (unpaired) electrons. The minimum absolute atomic E-state index is 0. The molecule has 1 aliphatic rings. The predicted molar refractivity (Wildman–Crippen MR) is 122 cm³/mol. The van der Waals surface area contributed by atoms with Crippen molar-refractivity contribution in [3.05, 3.63) is 59.9 Å². The average Bonchev–Trinajstić information content (AvgIpc) is 2.78. The van der Waals surface area contributed by atoms with Crippen LogP contribution in [0, 0.1) is 0 Å². The van der Waals surface area contributed by atoms with Crippen molar-refractivity contribution < 1.29 is 19.1 Å². The molecule has 8 nitrogen and oxygen atoms in total. The molecule has 1 atom stereocenters. The fourth-order valence-electron chi connectivity index (χ4n) is 3.29. The Kier molecular flexibility index (Phi) is 11.9. The highest BCUT2D eigenvalue weighted by Gasteiger charge is 2.29. The number of nitrogens with zero attached hydrogens (tertiary/aromatic N) is 2. The van der Waals surface area contributed by atoms with Crippen LogP contribution in [-0.4, -0.2) is 61.7 Å². The molecule has 0 bridgehead atoms. The average molecular weight is 471 g/mol. The van der Waals surface area contributed by atoms with Crippen molar-refractivity contribution in [2.24, 2.45) is 0 Å². The van der Waals surface area contributed by atoms with Gasteiger partial charge < -0.3 is 25.0 Å². The number of methoxy groups -OCH3 is 1. The van der Waals surface area contributed by atoms with Gasteiger partial charge in [-0.3, -0.25) is 14.6 Å². The number of piperazine rings is 1. The van der Waals surface area contributed by atoms with Gasteiger partial charge in [0.25, 0.3) is 0 Å². The van der Waals surface area contributed by atoms with E-state index in [0.29, 0.717) is 26.2 Å². The van der Waals surface area contributed by atoms with E-state index in [0.717, 1.165) is 16.9 Å². The molecule has 0 aliphatic carbocycles. The summed E-state index contributed by atoms with van der Waals surface area (Å²) in [6.45, 7) is 1.97. The van der Waals surface area contributed by atoms with Crippen LogP contribution in [0.3, 0.4) is 0 Å². The monoisotopic (exact) mass is 470 g/mol. The second-order valence-electron chi connectivity index (χ2n) is 6.68. The maximum Gasteiger partial charge on any atom is 0.249 e. The maximum atomic E-state index is 12.7. The number of carbonyl (C=O) groups excluding carboxylic acids is 2. The van der Waals surface area contributed by atoms with Crippen LogP contribution >= 0.6 is 24.8 Å². The van der Waals surface area contributed by atoms with Gasteiger partial charge in [-0.2, -0.15) is 0 Å². The summed E-state index contributed by atoms with van der Waals surface area (Å²) in [5.41, 5.74) is 1.85. The quantitative estimate of drug-likeness (QED) is 0.610. The van der Waals surface area contributed by atoms with Crippen molar-refractivity contribution in [1.29, 1.82) is 0 Å². The van der Waals surface area contributed by atoms with E-state index >= 15 is 0 Å². The van der Waals surface area contributed by atoms with Crippen molar-refractivity contribution >= 4 is 36.6 Å². The molecule has 1 aromatic carbocycles. The molecule has 31 heavy (non-hydrogen) atoms. The molecule has 10 heteroatoms. The molecule has 2 amide bonds. The third-order valence-corrected chi connectivity index (χ3v) is 4.73. The van der Waals surface area contributed by atoms with Crippen molar-refractivity contribution in [3.63, 3.8) is 0 Å². The summed E-state index contributed by atoms with van der Waals surface area (Å²) in [5, 5.41) is 6.06. The van der Waals surface area contributed by atoms with Gasteiger partial charge in [0.1, 0.15) is 19.0 Å². The second kappa shape index (κ2) is 13.8. The van der Waals surface area contributed by atoms with E-state index in [1.165, 1.54) is 0 Å². The lowest BCUT2D eigenvalue weighted by Gasteiger charge is -2.37. The van der Waals surface area contributed by atoms with Crippen LogP contribution in [0.4, 0.5) is 0 Å². The first-order chi connectivity index (χ1) is 14.2. The number of halogens is 2. The maximum absolute atomic E-state index is 12.7. The summed E-state index contributed by atoms with van der Waals surface area (Å²) < 4.78 is 10.8. The first kappa shape index (κ1) is 26.6. The van der Waals surface area contributed by atoms with Gasteiger partial charge in [0.05, 0.1) is 13.2 Å². The molecular weight excluding hydrogens is 443 g/mol. The zero-order valence-electron chi connectivity index (χ0n) is 17.3. The number of ether oxygens (including phenoxy) is 2. The Hall–Kier alpha value is -2.39. The third-order valence-electron chi connectivity index (χ3n) is 4.73. The summed E-state index contributed by atoms with van der Waals surface area (Å²) in [7, 11) is 1.62. The molecule has 2 N–H and O–H groups in total. The Morgan fingerprint density at radius 2 is 2.00 bits per heavy atom. The number of para-hydroxylation sites is 1. The summed E-state index contributed by atoms with van der Waals surface area (Å²) in [6.07, 6.45) is 3.36. The SMILES string of the molecule is COc1ccccc1C1CNCCN1C(=O)COCC(=O)NCc1cccnc1.Cl.Cl. The molecule has 1 fully saturated rings. The van der Waals surface area contributed by atoms with Crippen LogP contribution in [0.15, 0.2) is 48.8 Å². The van der Waals surface area contributed by atoms with Crippen LogP contribution in [0.1, 0.15) is 17.2 Å². The number of hydrogen-bond acceptors (Lipinski definition) is 6. The Labute approximate surface area is 194 Å². The third kappa shape index (κ3) is 7.66. The Morgan fingerprint density at radius 1 is 1.19 bits per heavy atom. The van der Waals surface area contributed by atoms with Crippen molar-refractivity contribution in [2.45, 2.75) is 12.6 Å². The van der Waals surface area contributed by atoms with Crippen LogP contribution in [-0.2, 0) is 20.9 Å². The van der Waals surface area contributed by atoms with Crippen LogP contribution in [0.25, 0.3) is 0 Å². The Bertz CT molecular complexity index is 826. The van der Waals surface area contributed by atoms with Crippen molar-refractivity contribution in [3.8, 4) is 5.75 Å². The highest BCUT2D eigenvalue weighted by atomic mass is 35.5. The van der Waals surface area contributed by atoms with Gasteiger partial charge in [0, 0.05) is 44.1 Å². The summed E-state index contributed by atoms with van der Waals surface area (Å²) >= 11 is 0. The van der Waals surface area contributed by atoms with Gasteiger partial charge in [-0.15, -0.1) is 24.8 Å². The molecule has 2 heterocycles. The zero-order chi connectivity index (χ0) is 20.5. The molecule has 1 saturated heterocycles. The van der Waals surface area contributed by atoms with Crippen LogP contribution in [0.2, 0.25) is 0 Å². The van der Waals surface area contributed by atoms with Gasteiger partial charge in [0.15, 0.2) is 0 Å². The summed E-state index contributed by atoms with van der Waals surface area (Å²) in [4.78, 5) is 30.4. The fraction of sp³-hybridized carbons (Fsp3) is 0.381. The van der Waals surface area contributed by atoms with Crippen LogP contribution in [0.5, 0.6) is 5.75 Å². The number of aromatic nitrogens is 1. The van der Waals surface area contributed by atoms with Crippen LogP contribution < -0.4 is 15.4 Å². The van der Waals surface area contributed by atoms with Crippen molar-refractivity contribution in [1.82, 2.24) is 20.5 Å². The number of rotatable bonds is 8. The lowest BCUT2D eigenvalue weighted by atomic mass is 10.0. The molecule has 1 aliphatic heterocycles. The predicted octanol–water partition coefficient (Wildman–Crippen LogP) is 1.74. The summed E-state index contributed by atoms with van der Waals surface area (Å²) in [6, 6.07) is 11.2. The van der Waals surface area contributed by atoms with Gasteiger partial charge in [0.2, 0.25) is 11.8 Å². The molecular formula is C21H28Cl2N4O4. The Morgan fingerprint density at radius 3 is 2.74 bits per heavy atom. The number of benzene rings is 1.